The Labute approximate surface area is 157 Å². The highest BCUT2D eigenvalue weighted by molar-refractivity contribution is 5.86. The van der Waals surface area contributed by atoms with Crippen molar-refractivity contribution in [1.29, 1.82) is 0 Å². The van der Waals surface area contributed by atoms with E-state index >= 15 is 0 Å². The molecule has 3 N–H and O–H groups in total. The third-order valence-electron chi connectivity index (χ3n) is 4.55. The van der Waals surface area contributed by atoms with Gasteiger partial charge in [0.1, 0.15) is 22.8 Å². The lowest BCUT2D eigenvalue weighted by Gasteiger charge is -2.22. The number of nitrogens with zero attached hydrogens (tertiary/aromatic N) is 2. The zero-order valence-corrected chi connectivity index (χ0v) is 14.8. The van der Waals surface area contributed by atoms with E-state index in [1.807, 2.05) is 55.5 Å². The van der Waals surface area contributed by atoms with Crippen LogP contribution in [0.1, 0.15) is 22.7 Å². The number of hydrogen-bond donors (Lipinski definition) is 3. The molecule has 2 aromatic carbocycles. The zero-order chi connectivity index (χ0) is 18.8. The van der Waals surface area contributed by atoms with Crippen LogP contribution in [0.4, 0.5) is 5.82 Å². The number of hydrogen-bond acceptors (Lipinski definition) is 5. The lowest BCUT2D eigenvalue weighted by atomic mass is 9.95. The van der Waals surface area contributed by atoms with Crippen LogP contribution in [0.5, 0.6) is 11.5 Å². The second-order valence-corrected chi connectivity index (χ2v) is 6.43. The highest BCUT2D eigenvalue weighted by atomic mass is 16.3. The lowest BCUT2D eigenvalue weighted by molar-refractivity contribution is 0.460. The number of aromatic nitrogens is 2. The zero-order valence-electron chi connectivity index (χ0n) is 14.8. The second kappa shape index (κ2) is 6.96. The minimum Gasteiger partial charge on any atom is -0.508 e. The van der Waals surface area contributed by atoms with Crippen molar-refractivity contribution >= 4 is 16.7 Å². The highest BCUT2D eigenvalue weighted by Crippen LogP contribution is 2.38. The van der Waals surface area contributed by atoms with Crippen molar-refractivity contribution in [2.24, 2.45) is 0 Å². The van der Waals surface area contributed by atoms with Crippen molar-refractivity contribution in [3.63, 3.8) is 0 Å². The molecule has 2 heterocycles. The van der Waals surface area contributed by atoms with Gasteiger partial charge in [0.2, 0.25) is 0 Å². The summed E-state index contributed by atoms with van der Waals surface area (Å²) in [6, 6.07) is 17.9. The van der Waals surface area contributed by atoms with Gasteiger partial charge in [-0.3, -0.25) is 4.98 Å². The third kappa shape index (κ3) is 3.27. The van der Waals surface area contributed by atoms with E-state index in [1.54, 1.807) is 24.5 Å². The molecule has 0 aliphatic carbocycles. The number of aromatic hydroxyl groups is 2. The molecule has 4 rings (SSSR count). The molecule has 5 heteroatoms. The van der Waals surface area contributed by atoms with E-state index in [-0.39, 0.29) is 11.5 Å². The maximum atomic E-state index is 10.9. The van der Waals surface area contributed by atoms with E-state index in [2.05, 4.69) is 15.3 Å². The predicted molar refractivity (Wildman–Crippen MR) is 106 cm³/mol. The number of anilines is 1. The number of phenolic OH excluding ortho intramolecular Hbond substituents is 2. The van der Waals surface area contributed by atoms with Crippen LogP contribution >= 0.6 is 0 Å². The van der Waals surface area contributed by atoms with Gasteiger partial charge in [-0.1, -0.05) is 36.4 Å². The van der Waals surface area contributed by atoms with Gasteiger partial charge in [0.05, 0.1) is 6.04 Å². The van der Waals surface area contributed by atoms with Crippen molar-refractivity contribution in [3.05, 3.63) is 89.7 Å². The van der Waals surface area contributed by atoms with Gasteiger partial charge in [-0.15, -0.1) is 0 Å². The number of fused-ring (bicyclic) bond motifs is 1. The molecular formula is C22H19N3O2. The van der Waals surface area contributed by atoms with E-state index in [9.17, 15) is 10.2 Å². The van der Waals surface area contributed by atoms with Gasteiger partial charge in [-0.2, -0.15) is 0 Å². The van der Waals surface area contributed by atoms with Crippen LogP contribution < -0.4 is 5.32 Å². The van der Waals surface area contributed by atoms with Gasteiger partial charge in [0, 0.05) is 28.9 Å². The first-order valence-corrected chi connectivity index (χ1v) is 8.67. The van der Waals surface area contributed by atoms with Crippen LogP contribution in [0.25, 0.3) is 10.9 Å². The summed E-state index contributed by atoms with van der Waals surface area (Å²) in [5, 5.41) is 25.5. The van der Waals surface area contributed by atoms with E-state index in [4.69, 9.17) is 0 Å². The fourth-order valence-electron chi connectivity index (χ4n) is 3.20. The number of pyridine rings is 2. The fraction of sp³-hybridized carbons (Fsp3) is 0.0909. The SMILES string of the molecule is Cc1ccnc(NC(c2ccccc2O)c2ccc3cccnc3c2O)c1. The molecule has 0 saturated heterocycles. The molecular weight excluding hydrogens is 338 g/mol. The predicted octanol–water partition coefficient (Wildman–Crippen LogP) is 4.55. The molecule has 1 unspecified atom stereocenters. The Bertz CT molecular complexity index is 1110. The smallest absolute Gasteiger partial charge is 0.147 e. The van der Waals surface area contributed by atoms with Crippen LogP contribution in [-0.4, -0.2) is 20.2 Å². The van der Waals surface area contributed by atoms with E-state index in [0.29, 0.717) is 22.5 Å². The molecule has 0 saturated carbocycles. The topological polar surface area (TPSA) is 78.3 Å². The fourth-order valence-corrected chi connectivity index (χ4v) is 3.20. The van der Waals surface area contributed by atoms with Crippen molar-refractivity contribution in [2.45, 2.75) is 13.0 Å². The van der Waals surface area contributed by atoms with Gasteiger partial charge in [-0.25, -0.2) is 4.98 Å². The molecule has 0 bridgehead atoms. The standard InChI is InChI=1S/C22H19N3O2/c1-14-10-12-23-19(13-14)25-21(16-6-2-3-7-18(16)26)17-9-8-15-5-4-11-24-20(15)22(17)27/h2-13,21,26-27H,1H3,(H,23,25). The van der Waals surface area contributed by atoms with Crippen LogP contribution in [0.15, 0.2) is 73.1 Å². The van der Waals surface area contributed by atoms with Crippen molar-refractivity contribution < 1.29 is 10.2 Å². The number of nitrogens with one attached hydrogen (secondary N) is 1. The van der Waals surface area contributed by atoms with E-state index in [1.165, 1.54) is 0 Å². The molecule has 0 fully saturated rings. The number of phenols is 2. The summed E-state index contributed by atoms with van der Waals surface area (Å²) < 4.78 is 0. The molecule has 2 aromatic heterocycles. The third-order valence-corrected chi connectivity index (χ3v) is 4.55. The first-order valence-electron chi connectivity index (χ1n) is 8.67. The molecule has 1 atom stereocenters. The summed E-state index contributed by atoms with van der Waals surface area (Å²) in [5.41, 5.74) is 2.85. The second-order valence-electron chi connectivity index (χ2n) is 6.43. The number of benzene rings is 2. The van der Waals surface area contributed by atoms with Crippen LogP contribution in [0, 0.1) is 6.92 Å². The Morgan fingerprint density at radius 3 is 2.52 bits per heavy atom. The maximum absolute atomic E-state index is 10.9. The summed E-state index contributed by atoms with van der Waals surface area (Å²) in [5.74, 6) is 0.883. The van der Waals surface area contributed by atoms with Crippen LogP contribution in [0.2, 0.25) is 0 Å². The van der Waals surface area contributed by atoms with E-state index in [0.717, 1.165) is 10.9 Å². The molecule has 134 valence electrons. The van der Waals surface area contributed by atoms with Gasteiger partial charge in [0.25, 0.3) is 0 Å². The number of para-hydroxylation sites is 1. The van der Waals surface area contributed by atoms with Crippen LogP contribution in [-0.2, 0) is 0 Å². The molecule has 0 spiro atoms. The van der Waals surface area contributed by atoms with Crippen molar-refractivity contribution in [3.8, 4) is 11.5 Å². The summed E-state index contributed by atoms with van der Waals surface area (Å²) in [4.78, 5) is 8.67. The monoisotopic (exact) mass is 357 g/mol. The minimum absolute atomic E-state index is 0.0847. The normalized spacial score (nSPS) is 12.0. The molecule has 5 nitrogen and oxygen atoms in total. The van der Waals surface area contributed by atoms with Crippen molar-refractivity contribution in [2.75, 3.05) is 5.32 Å². The summed E-state index contributed by atoms with van der Waals surface area (Å²) in [6.07, 6.45) is 3.37. The van der Waals surface area contributed by atoms with Gasteiger partial charge in [0.15, 0.2) is 0 Å². The quantitative estimate of drug-likeness (QED) is 0.499. The molecule has 4 aromatic rings. The number of rotatable bonds is 4. The van der Waals surface area contributed by atoms with Crippen molar-refractivity contribution in [1.82, 2.24) is 9.97 Å². The Morgan fingerprint density at radius 2 is 1.70 bits per heavy atom. The van der Waals surface area contributed by atoms with Crippen LogP contribution in [0.3, 0.4) is 0 Å². The Kier molecular flexibility index (Phi) is 4.34. The van der Waals surface area contributed by atoms with Gasteiger partial charge in [-0.05, 0) is 36.8 Å². The Morgan fingerprint density at radius 1 is 0.852 bits per heavy atom. The summed E-state index contributed by atoms with van der Waals surface area (Å²) in [7, 11) is 0. The first-order chi connectivity index (χ1) is 13.1. The summed E-state index contributed by atoms with van der Waals surface area (Å²) >= 11 is 0. The minimum atomic E-state index is -0.494. The van der Waals surface area contributed by atoms with Gasteiger partial charge >= 0.3 is 0 Å². The summed E-state index contributed by atoms with van der Waals surface area (Å²) in [6.45, 7) is 1.99. The molecule has 0 aliphatic heterocycles. The maximum Gasteiger partial charge on any atom is 0.147 e. The first kappa shape index (κ1) is 16.8. The Balaban J connectivity index is 1.88. The molecule has 27 heavy (non-hydrogen) atoms. The highest BCUT2D eigenvalue weighted by Gasteiger charge is 2.22. The average molecular weight is 357 g/mol. The molecule has 0 aliphatic rings. The molecule has 0 radical (unpaired) electrons. The number of aryl methyl sites for hydroxylation is 1. The van der Waals surface area contributed by atoms with Gasteiger partial charge < -0.3 is 15.5 Å². The largest absolute Gasteiger partial charge is 0.508 e. The van der Waals surface area contributed by atoms with E-state index < -0.39 is 6.04 Å². The average Bonchev–Trinajstić information content (AvgIpc) is 2.68. The Hall–Kier alpha value is -3.60. The lowest BCUT2D eigenvalue weighted by Crippen LogP contribution is -2.14. The molecule has 0 amide bonds.